The molecule has 6 rings (SSSR count). The second kappa shape index (κ2) is 17.6. The van der Waals surface area contributed by atoms with Gasteiger partial charge in [-0.25, -0.2) is 14.8 Å². The molecule has 5 N–H and O–H groups in total. The molecule has 52 heavy (non-hydrogen) atoms. The maximum Gasteiger partial charge on any atom is 0.490 e. The Kier molecular flexibility index (Phi) is 12.9. The number of hydrogen-bond acceptors (Lipinski definition) is 9. The number of aliphatic carboxylic acids is 1. The summed E-state index contributed by atoms with van der Waals surface area (Å²) >= 11 is 6.66. The summed E-state index contributed by atoms with van der Waals surface area (Å²) in [7, 11) is 0. The van der Waals surface area contributed by atoms with Gasteiger partial charge in [0.25, 0.3) is 0 Å². The van der Waals surface area contributed by atoms with Gasteiger partial charge in [0, 0.05) is 56.2 Å². The number of likely N-dealkylation sites (tertiary alicyclic amines) is 1. The summed E-state index contributed by atoms with van der Waals surface area (Å²) in [4.78, 5) is 45.6. The van der Waals surface area contributed by atoms with E-state index in [0.29, 0.717) is 71.2 Å². The summed E-state index contributed by atoms with van der Waals surface area (Å²) in [6.07, 6.45) is 3.76. The third kappa shape index (κ3) is 10.3. The van der Waals surface area contributed by atoms with E-state index in [1.165, 1.54) is 6.33 Å². The first kappa shape index (κ1) is 38.3. The van der Waals surface area contributed by atoms with Crippen molar-refractivity contribution in [1.82, 2.24) is 20.2 Å². The van der Waals surface area contributed by atoms with Gasteiger partial charge in [-0.05, 0) is 49.1 Å². The molecule has 1 unspecified atom stereocenters. The number of carbonyl (C=O) groups excluding carboxylic acids is 2. The number of anilines is 3. The molecule has 1 aromatic heterocycles. The van der Waals surface area contributed by atoms with Crippen molar-refractivity contribution in [2.24, 2.45) is 5.92 Å². The fourth-order valence-corrected chi connectivity index (χ4v) is 6.45. The number of fused-ring (bicyclic) bond motifs is 1. The van der Waals surface area contributed by atoms with E-state index in [0.717, 1.165) is 44.1 Å². The number of carbonyl (C=O) groups is 3. The van der Waals surface area contributed by atoms with Crippen LogP contribution in [0.15, 0.2) is 60.4 Å². The average Bonchev–Trinajstić information content (AvgIpc) is 3.58. The molecule has 0 spiro atoms. The lowest BCUT2D eigenvalue weighted by Gasteiger charge is -2.33. The molecule has 1 saturated carbocycles. The number of ether oxygens (including phenoxy) is 1. The predicted octanol–water partition coefficient (Wildman–Crippen LogP) is 6.12. The van der Waals surface area contributed by atoms with E-state index < -0.39 is 18.2 Å². The van der Waals surface area contributed by atoms with Crippen LogP contribution in [-0.2, 0) is 14.4 Å². The van der Waals surface area contributed by atoms with Crippen molar-refractivity contribution in [1.29, 1.82) is 0 Å². The third-order valence-corrected chi connectivity index (χ3v) is 9.31. The Morgan fingerprint density at radius 3 is 2.38 bits per heavy atom. The smallest absolute Gasteiger partial charge is 0.489 e. The van der Waals surface area contributed by atoms with Crippen LogP contribution in [0.3, 0.4) is 0 Å². The molecule has 278 valence electrons. The second-order valence-corrected chi connectivity index (χ2v) is 13.1. The predicted molar refractivity (Wildman–Crippen MR) is 188 cm³/mol. The first-order valence-electron chi connectivity index (χ1n) is 17.0. The fourth-order valence-electron chi connectivity index (χ4n) is 6.23. The SMILES string of the molecule is O=C(NCC(O)c1ccccc1)C1=Cc2c(ncnc2Nc2ccc(OC3CCN(C(=O)C4CCCC4)CC3)c(Cl)c2)NCC1.O=C(O)C(F)(F)F. The molecule has 2 amide bonds. The maximum absolute atomic E-state index is 13.1. The lowest BCUT2D eigenvalue weighted by atomic mass is 10.0. The molecule has 1 saturated heterocycles. The molecule has 16 heteroatoms. The standard InChI is InChI=1S/C34H39ClN6O4.C2HF3O2/c35-28-19-25(10-11-30(28)45-26-13-16-41(17-14-26)34(44)23-8-4-5-9-23)40-32-27-18-24(12-15-36-31(27)38-21-39-32)33(43)37-20-29(42)22-6-2-1-3-7-22;3-2(4,5)1(6)7/h1-3,6-7,10-11,18-19,21,23,26,29,42H,4-5,8-9,12-17,20H2,(H,37,43)(H2,36,38,39,40);(H,6,7). The summed E-state index contributed by atoms with van der Waals surface area (Å²) in [5, 5.41) is 27.5. The molecular formula is C36H40ClF3N6O6. The van der Waals surface area contributed by atoms with Crippen molar-refractivity contribution in [3.63, 3.8) is 0 Å². The van der Waals surface area contributed by atoms with Crippen molar-refractivity contribution in [3.8, 4) is 5.75 Å². The van der Waals surface area contributed by atoms with Crippen molar-refractivity contribution < 1.29 is 42.5 Å². The van der Waals surface area contributed by atoms with E-state index in [9.17, 15) is 27.9 Å². The van der Waals surface area contributed by atoms with Gasteiger partial charge < -0.3 is 35.8 Å². The molecule has 2 aromatic carbocycles. The average molecular weight is 745 g/mol. The van der Waals surface area contributed by atoms with E-state index in [1.807, 2.05) is 47.4 Å². The Labute approximate surface area is 303 Å². The highest BCUT2D eigenvalue weighted by molar-refractivity contribution is 6.32. The van der Waals surface area contributed by atoms with Crippen LogP contribution in [0, 0.1) is 5.92 Å². The Morgan fingerprint density at radius 1 is 1.04 bits per heavy atom. The molecule has 1 aliphatic carbocycles. The maximum atomic E-state index is 13.1. The van der Waals surface area contributed by atoms with Crippen LogP contribution >= 0.6 is 11.6 Å². The van der Waals surface area contributed by atoms with Gasteiger partial charge in [-0.2, -0.15) is 13.2 Å². The molecule has 2 aliphatic heterocycles. The van der Waals surface area contributed by atoms with E-state index in [4.69, 9.17) is 26.2 Å². The van der Waals surface area contributed by atoms with Crippen molar-refractivity contribution in [2.45, 2.75) is 63.3 Å². The zero-order valence-electron chi connectivity index (χ0n) is 28.2. The van der Waals surface area contributed by atoms with Crippen LogP contribution in [0.25, 0.3) is 6.08 Å². The number of hydrogen-bond donors (Lipinski definition) is 5. The topological polar surface area (TPSA) is 166 Å². The number of carboxylic acid groups (broad SMARTS) is 1. The van der Waals surface area contributed by atoms with Crippen molar-refractivity contribution in [3.05, 3.63) is 76.6 Å². The molecule has 0 bridgehead atoms. The minimum atomic E-state index is -5.08. The van der Waals surface area contributed by atoms with E-state index >= 15 is 0 Å². The summed E-state index contributed by atoms with van der Waals surface area (Å²) in [5.41, 5.74) is 2.65. The van der Waals surface area contributed by atoms with Crippen LogP contribution in [0.1, 0.15) is 62.2 Å². The Balaban J connectivity index is 0.000000679. The van der Waals surface area contributed by atoms with Crippen LogP contribution in [0.2, 0.25) is 5.02 Å². The summed E-state index contributed by atoms with van der Waals surface area (Å²) in [6, 6.07) is 14.7. The number of piperidine rings is 1. The van der Waals surface area contributed by atoms with E-state index in [1.54, 1.807) is 12.1 Å². The molecule has 0 radical (unpaired) electrons. The van der Waals surface area contributed by atoms with E-state index in [2.05, 4.69) is 25.9 Å². The van der Waals surface area contributed by atoms with Crippen LogP contribution in [0.5, 0.6) is 5.75 Å². The van der Waals surface area contributed by atoms with Crippen LogP contribution in [0.4, 0.5) is 30.5 Å². The summed E-state index contributed by atoms with van der Waals surface area (Å²) in [5.74, 6) is -0.767. The minimum absolute atomic E-state index is 0.00107. The third-order valence-electron chi connectivity index (χ3n) is 9.01. The first-order chi connectivity index (χ1) is 24.9. The number of nitrogens with one attached hydrogen (secondary N) is 3. The fraction of sp³-hybridized carbons (Fsp3) is 0.417. The van der Waals surface area contributed by atoms with Gasteiger partial charge in [-0.1, -0.05) is 54.8 Å². The number of aromatic nitrogens is 2. The molecule has 2 fully saturated rings. The number of aliphatic hydroxyl groups excluding tert-OH is 1. The largest absolute Gasteiger partial charge is 0.490 e. The van der Waals surface area contributed by atoms with Crippen molar-refractivity contribution >= 4 is 52.8 Å². The molecule has 3 aliphatic rings. The van der Waals surface area contributed by atoms with Crippen molar-refractivity contribution in [2.75, 3.05) is 36.8 Å². The molecule has 1 atom stereocenters. The normalized spacial score (nSPS) is 16.9. The molecule has 3 heterocycles. The lowest BCUT2D eigenvalue weighted by molar-refractivity contribution is -0.192. The zero-order chi connectivity index (χ0) is 37.3. The minimum Gasteiger partial charge on any atom is -0.489 e. The number of benzene rings is 2. The summed E-state index contributed by atoms with van der Waals surface area (Å²) in [6.45, 7) is 2.05. The van der Waals surface area contributed by atoms with Gasteiger partial charge in [0.05, 0.1) is 16.7 Å². The number of nitrogens with zero attached hydrogens (tertiary/aromatic N) is 3. The second-order valence-electron chi connectivity index (χ2n) is 12.7. The Bertz CT molecular complexity index is 1750. The highest BCUT2D eigenvalue weighted by Gasteiger charge is 2.38. The molecule has 3 aromatic rings. The highest BCUT2D eigenvalue weighted by atomic mass is 35.5. The number of halogens is 4. The first-order valence-corrected chi connectivity index (χ1v) is 17.4. The monoisotopic (exact) mass is 744 g/mol. The van der Waals surface area contributed by atoms with Crippen LogP contribution in [-0.4, -0.2) is 81.3 Å². The lowest BCUT2D eigenvalue weighted by Crippen LogP contribution is -2.44. The van der Waals surface area contributed by atoms with Gasteiger partial charge in [0.15, 0.2) is 0 Å². The Hall–Kier alpha value is -4.89. The number of alkyl halides is 3. The van der Waals surface area contributed by atoms with Gasteiger partial charge in [-0.3, -0.25) is 9.59 Å². The number of carboxylic acids is 1. The van der Waals surface area contributed by atoms with Gasteiger partial charge >= 0.3 is 12.1 Å². The number of aliphatic hydroxyl groups is 1. The van der Waals surface area contributed by atoms with Crippen LogP contribution < -0.4 is 20.7 Å². The molecule has 12 nitrogen and oxygen atoms in total. The highest BCUT2D eigenvalue weighted by Crippen LogP contribution is 2.34. The van der Waals surface area contributed by atoms with E-state index in [-0.39, 0.29) is 24.5 Å². The van der Waals surface area contributed by atoms with Gasteiger partial charge in [0.1, 0.15) is 29.8 Å². The molecular weight excluding hydrogens is 705 g/mol. The summed E-state index contributed by atoms with van der Waals surface area (Å²) < 4.78 is 38.0. The van der Waals surface area contributed by atoms with Gasteiger partial charge in [0.2, 0.25) is 11.8 Å². The van der Waals surface area contributed by atoms with Gasteiger partial charge in [-0.15, -0.1) is 0 Å². The quantitative estimate of drug-likeness (QED) is 0.173. The number of amides is 2. The zero-order valence-corrected chi connectivity index (χ0v) is 28.9. The number of rotatable bonds is 9. The Morgan fingerprint density at radius 2 is 1.73 bits per heavy atom.